The van der Waals surface area contributed by atoms with E-state index in [1.54, 1.807) is 12.1 Å². The number of rotatable bonds is 6. The minimum absolute atomic E-state index is 0.0911. The molecule has 1 heterocycles. The van der Waals surface area contributed by atoms with Crippen molar-refractivity contribution >= 4 is 11.6 Å². The van der Waals surface area contributed by atoms with Gasteiger partial charge in [-0.25, -0.2) is 0 Å². The van der Waals surface area contributed by atoms with Crippen molar-refractivity contribution in [1.82, 2.24) is 4.90 Å². The van der Waals surface area contributed by atoms with Gasteiger partial charge >= 0.3 is 0 Å². The Morgan fingerprint density at radius 3 is 2.72 bits per heavy atom. The number of benzene rings is 1. The van der Waals surface area contributed by atoms with Crippen molar-refractivity contribution in [1.29, 1.82) is 0 Å². The molecule has 0 bridgehead atoms. The summed E-state index contributed by atoms with van der Waals surface area (Å²) < 4.78 is 5.72. The summed E-state index contributed by atoms with van der Waals surface area (Å²) in [6.07, 6.45) is 7.46. The van der Waals surface area contributed by atoms with Gasteiger partial charge in [-0.05, 0) is 62.4 Å². The first-order valence-corrected chi connectivity index (χ1v) is 9.54. The minimum atomic E-state index is -0.476. The Hall–Kier alpha value is -1.59. The highest BCUT2D eigenvalue weighted by Crippen LogP contribution is 2.35. The maximum absolute atomic E-state index is 11.0. The van der Waals surface area contributed by atoms with Gasteiger partial charge in [0, 0.05) is 25.2 Å². The number of piperidine rings is 1. The predicted octanol–water partition coefficient (Wildman–Crippen LogP) is 3.04. The summed E-state index contributed by atoms with van der Waals surface area (Å²) in [6, 6.07) is 7.90. The van der Waals surface area contributed by atoms with Crippen LogP contribution in [-0.2, 0) is 4.79 Å². The van der Waals surface area contributed by atoms with Gasteiger partial charge in [0.05, 0.1) is 0 Å². The van der Waals surface area contributed by atoms with Gasteiger partial charge in [-0.15, -0.1) is 0 Å². The van der Waals surface area contributed by atoms with E-state index in [-0.39, 0.29) is 5.91 Å². The molecule has 138 valence electrons. The van der Waals surface area contributed by atoms with Crippen molar-refractivity contribution < 1.29 is 14.6 Å². The van der Waals surface area contributed by atoms with E-state index in [2.05, 4.69) is 10.2 Å². The third kappa shape index (κ3) is 5.19. The standard InChI is InChI=1S/C20H30N2O3/c1-15(23)21-17-8-10-19(11-9-17)25-14-18(24)13-22-12-4-6-16-5-2-3-7-20(16)22/h8-11,16,18,20,24H,2-7,12-14H2,1H3,(H,21,23)/t16-,18+,20+/m0/s1. The van der Waals surface area contributed by atoms with Crippen molar-refractivity contribution in [2.75, 3.05) is 25.0 Å². The van der Waals surface area contributed by atoms with Crippen LogP contribution in [0.4, 0.5) is 5.69 Å². The number of β-amino-alcohol motifs (C(OH)–C–C–N with tert-alkyl or cyclic N) is 1. The number of carbonyl (C=O) groups excluding carboxylic acids is 1. The van der Waals surface area contributed by atoms with Gasteiger partial charge in [0.1, 0.15) is 18.5 Å². The number of nitrogens with one attached hydrogen (secondary N) is 1. The number of fused-ring (bicyclic) bond motifs is 1. The second-order valence-electron chi connectivity index (χ2n) is 7.42. The van der Waals surface area contributed by atoms with Crippen molar-refractivity contribution in [3.8, 4) is 5.75 Å². The van der Waals surface area contributed by atoms with Crippen molar-refractivity contribution in [3.63, 3.8) is 0 Å². The van der Waals surface area contributed by atoms with E-state index in [1.165, 1.54) is 45.4 Å². The highest BCUT2D eigenvalue weighted by Gasteiger charge is 2.33. The Kier molecular flexibility index (Phi) is 6.32. The van der Waals surface area contributed by atoms with Crippen LogP contribution in [0.1, 0.15) is 45.4 Å². The molecule has 1 aliphatic carbocycles. The number of amides is 1. The second-order valence-corrected chi connectivity index (χ2v) is 7.42. The first-order valence-electron chi connectivity index (χ1n) is 9.54. The molecule has 0 unspecified atom stereocenters. The minimum Gasteiger partial charge on any atom is -0.491 e. The number of anilines is 1. The number of nitrogens with zero attached hydrogens (tertiary/aromatic N) is 1. The number of hydrogen-bond acceptors (Lipinski definition) is 4. The molecule has 5 nitrogen and oxygen atoms in total. The first-order chi connectivity index (χ1) is 12.1. The lowest BCUT2D eigenvalue weighted by Crippen LogP contribution is -2.50. The van der Waals surface area contributed by atoms with Gasteiger partial charge in [-0.2, -0.15) is 0 Å². The van der Waals surface area contributed by atoms with Crippen molar-refractivity contribution in [2.24, 2.45) is 5.92 Å². The van der Waals surface area contributed by atoms with Crippen LogP contribution in [0.5, 0.6) is 5.75 Å². The van der Waals surface area contributed by atoms with Crippen LogP contribution >= 0.6 is 0 Å². The molecule has 2 fully saturated rings. The zero-order chi connectivity index (χ0) is 17.6. The molecule has 1 amide bonds. The van der Waals surface area contributed by atoms with E-state index >= 15 is 0 Å². The average molecular weight is 346 g/mol. The van der Waals surface area contributed by atoms with Gasteiger partial charge in [0.25, 0.3) is 0 Å². The van der Waals surface area contributed by atoms with Gasteiger partial charge < -0.3 is 15.2 Å². The third-order valence-electron chi connectivity index (χ3n) is 5.42. The van der Waals surface area contributed by atoms with Crippen LogP contribution in [0.15, 0.2) is 24.3 Å². The van der Waals surface area contributed by atoms with Crippen LogP contribution < -0.4 is 10.1 Å². The Morgan fingerprint density at radius 1 is 1.24 bits per heavy atom. The number of aliphatic hydroxyl groups excluding tert-OH is 1. The van der Waals surface area contributed by atoms with E-state index in [1.807, 2.05) is 12.1 Å². The summed E-state index contributed by atoms with van der Waals surface area (Å²) in [7, 11) is 0. The lowest BCUT2D eigenvalue weighted by Gasteiger charge is -2.44. The number of ether oxygens (including phenoxy) is 1. The van der Waals surface area contributed by atoms with E-state index in [0.29, 0.717) is 24.9 Å². The number of likely N-dealkylation sites (tertiary alicyclic amines) is 1. The second kappa shape index (κ2) is 8.68. The molecule has 0 aromatic heterocycles. The molecule has 3 rings (SSSR count). The summed E-state index contributed by atoms with van der Waals surface area (Å²) >= 11 is 0. The molecule has 1 saturated heterocycles. The third-order valence-corrected chi connectivity index (χ3v) is 5.42. The quantitative estimate of drug-likeness (QED) is 0.831. The molecule has 0 spiro atoms. The summed E-state index contributed by atoms with van der Waals surface area (Å²) in [6.45, 7) is 3.58. The molecule has 5 heteroatoms. The zero-order valence-electron chi connectivity index (χ0n) is 15.1. The van der Waals surface area contributed by atoms with Gasteiger partial charge in [0.15, 0.2) is 0 Å². The number of carbonyl (C=O) groups is 1. The first kappa shape index (κ1) is 18.2. The fraction of sp³-hybridized carbons (Fsp3) is 0.650. The molecule has 0 radical (unpaired) electrons. The fourth-order valence-corrected chi connectivity index (χ4v) is 4.31. The van der Waals surface area contributed by atoms with Crippen molar-refractivity contribution in [3.05, 3.63) is 24.3 Å². The number of hydrogen-bond donors (Lipinski definition) is 2. The van der Waals surface area contributed by atoms with Crippen LogP contribution in [0.3, 0.4) is 0 Å². The predicted molar refractivity (Wildman–Crippen MR) is 98.8 cm³/mol. The molecule has 1 aliphatic heterocycles. The van der Waals surface area contributed by atoms with E-state index in [9.17, 15) is 9.90 Å². The lowest BCUT2D eigenvalue weighted by atomic mass is 9.78. The highest BCUT2D eigenvalue weighted by atomic mass is 16.5. The lowest BCUT2D eigenvalue weighted by molar-refractivity contribution is -0.114. The van der Waals surface area contributed by atoms with Crippen molar-refractivity contribution in [2.45, 2.75) is 57.6 Å². The van der Waals surface area contributed by atoms with Crippen LogP contribution in [0.25, 0.3) is 0 Å². The Bertz CT molecular complexity index is 559. The highest BCUT2D eigenvalue weighted by molar-refractivity contribution is 5.88. The largest absolute Gasteiger partial charge is 0.491 e. The molecular formula is C20H30N2O3. The molecule has 2 N–H and O–H groups in total. The maximum Gasteiger partial charge on any atom is 0.221 e. The van der Waals surface area contributed by atoms with Gasteiger partial charge in [0.2, 0.25) is 5.91 Å². The topological polar surface area (TPSA) is 61.8 Å². The summed E-state index contributed by atoms with van der Waals surface area (Å²) in [4.78, 5) is 13.5. The average Bonchev–Trinajstić information content (AvgIpc) is 2.61. The Balaban J connectivity index is 1.45. The maximum atomic E-state index is 11.0. The zero-order valence-corrected chi connectivity index (χ0v) is 15.1. The summed E-state index contributed by atoms with van der Waals surface area (Å²) in [5, 5.41) is 13.1. The van der Waals surface area contributed by atoms with Gasteiger partial charge in [-0.1, -0.05) is 12.8 Å². The van der Waals surface area contributed by atoms with E-state index in [0.717, 1.165) is 18.2 Å². The SMILES string of the molecule is CC(=O)Nc1ccc(OC[C@H](O)CN2CCC[C@@H]3CCCC[C@H]32)cc1. The molecule has 2 aliphatic rings. The Morgan fingerprint density at radius 2 is 1.96 bits per heavy atom. The molecular weight excluding hydrogens is 316 g/mol. The van der Waals surface area contributed by atoms with Gasteiger partial charge in [-0.3, -0.25) is 9.69 Å². The summed E-state index contributed by atoms with van der Waals surface area (Å²) in [5.74, 6) is 1.45. The molecule has 1 aromatic rings. The van der Waals surface area contributed by atoms with E-state index in [4.69, 9.17) is 4.74 Å². The fourth-order valence-electron chi connectivity index (χ4n) is 4.31. The Labute approximate surface area is 150 Å². The monoisotopic (exact) mass is 346 g/mol. The molecule has 25 heavy (non-hydrogen) atoms. The summed E-state index contributed by atoms with van der Waals surface area (Å²) in [5.41, 5.74) is 0.747. The van der Waals surface area contributed by atoms with Crippen LogP contribution in [0, 0.1) is 5.92 Å². The van der Waals surface area contributed by atoms with Crippen LogP contribution in [-0.4, -0.2) is 47.8 Å². The van der Waals surface area contributed by atoms with Crippen LogP contribution in [0.2, 0.25) is 0 Å². The molecule has 3 atom stereocenters. The van der Waals surface area contributed by atoms with E-state index < -0.39 is 6.10 Å². The normalized spacial score (nSPS) is 25.0. The molecule has 1 aromatic carbocycles. The molecule has 1 saturated carbocycles. The number of aliphatic hydroxyl groups is 1. The smallest absolute Gasteiger partial charge is 0.221 e.